The number of thiol groups is 1. The molecule has 0 radical (unpaired) electrons. The monoisotopic (exact) mass is 239 g/mol. The van der Waals surface area contributed by atoms with Gasteiger partial charge in [-0.05, 0) is 31.0 Å². The van der Waals surface area contributed by atoms with Gasteiger partial charge in [-0.1, -0.05) is 24.4 Å². The predicted octanol–water partition coefficient (Wildman–Crippen LogP) is 2.77. The molecule has 0 unspecified atom stereocenters. The van der Waals surface area contributed by atoms with Gasteiger partial charge in [0.2, 0.25) is 0 Å². The van der Waals surface area contributed by atoms with Crippen molar-refractivity contribution in [3.63, 3.8) is 0 Å². The summed E-state index contributed by atoms with van der Waals surface area (Å²) in [4.78, 5) is 0. The summed E-state index contributed by atoms with van der Waals surface area (Å²) in [5.74, 6) is 0. The van der Waals surface area contributed by atoms with Gasteiger partial charge in [-0.2, -0.15) is 0 Å². The maximum absolute atomic E-state index is 4.83. The molecule has 1 rings (SSSR count). The molecule has 0 saturated carbocycles. The number of rotatable bonds is 1. The Morgan fingerprint density at radius 2 is 2.08 bits per heavy atom. The Morgan fingerprint density at radius 1 is 1.46 bits per heavy atom. The summed E-state index contributed by atoms with van der Waals surface area (Å²) >= 11 is 8.84. The van der Waals surface area contributed by atoms with E-state index in [-0.39, 0.29) is 40.6 Å². The van der Waals surface area contributed by atoms with Crippen molar-refractivity contribution in [1.82, 2.24) is 0 Å². The average Bonchev–Trinajstić information content (AvgIpc) is 1.98. The maximum Gasteiger partial charge on any atom is 2.00 e. The minimum absolute atomic E-state index is 0. The molecule has 0 saturated heterocycles. The summed E-state index contributed by atoms with van der Waals surface area (Å²) in [5.41, 5.74) is 3.51. The van der Waals surface area contributed by atoms with Crippen LogP contribution in [0.4, 0.5) is 5.69 Å². The minimum Gasteiger partial charge on any atom is -1.00 e. The number of thiocarbonyl (C=S) groups is 1. The first kappa shape index (κ1) is 13.7. The molecule has 1 nitrogen and oxygen atoms in total. The molecule has 0 aliphatic rings. The number of aryl methyl sites for hydroxylation is 1. The molecular weight excluding hydrogens is 226 g/mol. The molecule has 0 aromatic heterocycles. The molecule has 0 amide bonds. The molecule has 0 aliphatic carbocycles. The van der Waals surface area contributed by atoms with Crippen LogP contribution in [0.5, 0.6) is 0 Å². The Bertz CT molecular complexity index is 321. The third-order valence-corrected chi connectivity index (χ3v) is 2.06. The van der Waals surface area contributed by atoms with Gasteiger partial charge in [0.25, 0.3) is 0 Å². The van der Waals surface area contributed by atoms with E-state index in [9.17, 15) is 0 Å². The molecule has 0 heterocycles. The quantitative estimate of drug-likeness (QED) is 0.444. The summed E-state index contributed by atoms with van der Waals surface area (Å²) in [6.07, 6.45) is 0. The van der Waals surface area contributed by atoms with Gasteiger partial charge >= 0.3 is 37.7 Å². The van der Waals surface area contributed by atoms with Gasteiger partial charge in [0.05, 0.1) is 0 Å². The van der Waals surface area contributed by atoms with Gasteiger partial charge in [-0.15, -0.1) is 12.6 Å². The van der Waals surface area contributed by atoms with Gasteiger partial charge < -0.3 is 8.17 Å². The van der Waals surface area contributed by atoms with Crippen LogP contribution in [0.25, 0.3) is 0 Å². The van der Waals surface area contributed by atoms with Crippen molar-refractivity contribution in [2.75, 3.05) is 5.32 Å². The van der Waals surface area contributed by atoms with E-state index in [2.05, 4.69) is 37.9 Å². The first-order valence-electron chi connectivity index (χ1n) is 3.67. The zero-order valence-corrected chi connectivity index (χ0v) is 11.7. The van der Waals surface area contributed by atoms with Crippen molar-refractivity contribution in [3.05, 3.63) is 29.3 Å². The van der Waals surface area contributed by atoms with Crippen LogP contribution in [0, 0.1) is 13.8 Å². The minimum atomic E-state index is 0. The molecule has 1 aromatic rings. The van der Waals surface area contributed by atoms with Crippen molar-refractivity contribution in [3.8, 4) is 0 Å². The number of nitrogens with one attached hydrogen (secondary N) is 1. The van der Waals surface area contributed by atoms with E-state index in [1.165, 1.54) is 11.1 Å². The topological polar surface area (TPSA) is 12.0 Å². The standard InChI is InChI=1S/C9H11NS2.Ca.2H/c1-6-4-3-5-8(7(6)2)10-9(11)12;;;/h3-5H,1-2H3,(H2,10,11,12);;;/q;+2;2*-1. The van der Waals surface area contributed by atoms with E-state index < -0.39 is 0 Å². The van der Waals surface area contributed by atoms with Crippen LogP contribution in [-0.4, -0.2) is 42.1 Å². The fourth-order valence-corrected chi connectivity index (χ4v) is 1.23. The summed E-state index contributed by atoms with van der Waals surface area (Å²) in [5, 5.41) is 3.01. The molecular formula is C9H13CaNS2. The maximum atomic E-state index is 4.83. The fraction of sp³-hybridized carbons (Fsp3) is 0.222. The van der Waals surface area contributed by atoms with Crippen LogP contribution in [0.2, 0.25) is 0 Å². The van der Waals surface area contributed by atoms with Crippen molar-refractivity contribution in [2.45, 2.75) is 13.8 Å². The largest absolute Gasteiger partial charge is 2.00 e. The van der Waals surface area contributed by atoms with E-state index in [4.69, 9.17) is 12.2 Å². The first-order valence-corrected chi connectivity index (χ1v) is 4.53. The molecule has 4 heteroatoms. The van der Waals surface area contributed by atoms with Gasteiger partial charge in [0.1, 0.15) is 4.32 Å². The molecule has 0 bridgehead atoms. The molecule has 0 fully saturated rings. The molecule has 0 atom stereocenters. The summed E-state index contributed by atoms with van der Waals surface area (Å²) in [6, 6.07) is 6.06. The van der Waals surface area contributed by atoms with Crippen LogP contribution in [0.3, 0.4) is 0 Å². The molecule has 1 N–H and O–H groups in total. The van der Waals surface area contributed by atoms with E-state index in [1.807, 2.05) is 12.1 Å². The van der Waals surface area contributed by atoms with Crippen LogP contribution in [-0.2, 0) is 0 Å². The van der Waals surface area contributed by atoms with E-state index in [0.29, 0.717) is 4.32 Å². The summed E-state index contributed by atoms with van der Waals surface area (Å²) < 4.78 is 0.503. The van der Waals surface area contributed by atoms with Gasteiger partial charge in [-0.3, -0.25) is 0 Å². The van der Waals surface area contributed by atoms with Gasteiger partial charge in [0, 0.05) is 5.69 Å². The van der Waals surface area contributed by atoms with Gasteiger partial charge in [-0.25, -0.2) is 0 Å². The Kier molecular flexibility index (Phi) is 6.60. The smallest absolute Gasteiger partial charge is 1.00 e. The number of benzene rings is 1. The molecule has 0 aliphatic heterocycles. The predicted molar refractivity (Wildman–Crippen MR) is 69.1 cm³/mol. The zero-order chi connectivity index (χ0) is 9.14. The third kappa shape index (κ3) is 4.17. The van der Waals surface area contributed by atoms with Crippen molar-refractivity contribution >= 4 is 72.6 Å². The fourth-order valence-electron chi connectivity index (χ4n) is 1.00. The van der Waals surface area contributed by atoms with Crippen LogP contribution in [0.15, 0.2) is 18.2 Å². The van der Waals surface area contributed by atoms with Crippen molar-refractivity contribution in [1.29, 1.82) is 0 Å². The second kappa shape index (κ2) is 6.25. The van der Waals surface area contributed by atoms with Crippen LogP contribution >= 0.6 is 24.8 Å². The van der Waals surface area contributed by atoms with E-state index >= 15 is 0 Å². The number of hydrogen-bond acceptors (Lipinski definition) is 1. The zero-order valence-electron chi connectivity index (χ0n) is 9.79. The average molecular weight is 239 g/mol. The van der Waals surface area contributed by atoms with Crippen molar-refractivity contribution in [2.24, 2.45) is 0 Å². The normalized spacial score (nSPS) is 8.85. The summed E-state index contributed by atoms with van der Waals surface area (Å²) in [6.45, 7) is 4.13. The molecule has 13 heavy (non-hydrogen) atoms. The van der Waals surface area contributed by atoms with Crippen LogP contribution in [0.1, 0.15) is 14.0 Å². The second-order valence-electron chi connectivity index (χ2n) is 2.68. The third-order valence-electron chi connectivity index (χ3n) is 1.85. The Balaban J connectivity index is -0.000000480. The SMILES string of the molecule is Cc1cccc(NC(=S)S)c1C.[Ca+2].[H-].[H-]. The second-order valence-corrected chi connectivity index (χ2v) is 3.84. The Hall–Kier alpha value is 0.720. The first-order chi connectivity index (χ1) is 5.61. The molecule has 1 aromatic carbocycles. The van der Waals surface area contributed by atoms with Crippen molar-refractivity contribution < 1.29 is 2.85 Å². The molecule has 68 valence electrons. The Morgan fingerprint density at radius 3 is 2.62 bits per heavy atom. The number of hydrogen-bond donors (Lipinski definition) is 2. The summed E-state index contributed by atoms with van der Waals surface area (Å²) in [7, 11) is 0. The number of anilines is 1. The molecule has 0 spiro atoms. The van der Waals surface area contributed by atoms with Gasteiger partial charge in [0.15, 0.2) is 0 Å². The van der Waals surface area contributed by atoms with E-state index in [0.717, 1.165) is 5.69 Å². The Labute approximate surface area is 123 Å². The van der Waals surface area contributed by atoms with Crippen LogP contribution < -0.4 is 5.32 Å². The van der Waals surface area contributed by atoms with E-state index in [1.54, 1.807) is 0 Å².